The summed E-state index contributed by atoms with van der Waals surface area (Å²) in [6, 6.07) is 14.7. The number of hydrogen-bond acceptors (Lipinski definition) is 2. The van der Waals surface area contributed by atoms with Crippen molar-refractivity contribution in [3.05, 3.63) is 59.2 Å². The molecule has 0 radical (unpaired) electrons. The van der Waals surface area contributed by atoms with E-state index in [2.05, 4.69) is 56.4 Å². The molecule has 0 aliphatic rings. The van der Waals surface area contributed by atoms with Gasteiger partial charge in [-0.1, -0.05) is 38.1 Å². The first kappa shape index (κ1) is 15.6. The average molecular weight is 283 g/mol. The van der Waals surface area contributed by atoms with E-state index in [1.54, 1.807) is 0 Å². The van der Waals surface area contributed by atoms with Crippen molar-refractivity contribution in [1.82, 2.24) is 5.32 Å². The molecule has 0 aliphatic heterocycles. The second-order valence-corrected chi connectivity index (χ2v) is 5.38. The quantitative estimate of drug-likeness (QED) is 0.733. The van der Waals surface area contributed by atoms with Crippen LogP contribution in [0, 0.1) is 6.92 Å². The Bertz CT molecular complexity index is 560. The molecule has 0 atom stereocenters. The molecule has 0 amide bonds. The molecule has 0 aliphatic carbocycles. The lowest BCUT2D eigenvalue weighted by Gasteiger charge is -2.11. The van der Waals surface area contributed by atoms with Crippen LogP contribution in [0.25, 0.3) is 0 Å². The van der Waals surface area contributed by atoms with E-state index in [-0.39, 0.29) is 0 Å². The minimum Gasteiger partial charge on any atom is -0.457 e. The summed E-state index contributed by atoms with van der Waals surface area (Å²) in [5, 5.41) is 3.42. The number of rotatable bonds is 7. The topological polar surface area (TPSA) is 21.3 Å². The van der Waals surface area contributed by atoms with Gasteiger partial charge in [0.05, 0.1) is 0 Å². The van der Waals surface area contributed by atoms with Crippen molar-refractivity contribution in [2.45, 2.75) is 40.2 Å². The van der Waals surface area contributed by atoms with Crippen LogP contribution >= 0.6 is 0 Å². The summed E-state index contributed by atoms with van der Waals surface area (Å²) in [5.74, 6) is 1.84. The molecule has 2 nitrogen and oxygen atoms in total. The number of hydrogen-bond donors (Lipinski definition) is 1. The lowest BCUT2D eigenvalue weighted by molar-refractivity contribution is 0.477. The van der Waals surface area contributed by atoms with E-state index in [1.165, 1.54) is 11.1 Å². The van der Waals surface area contributed by atoms with Crippen LogP contribution in [0.4, 0.5) is 0 Å². The predicted molar refractivity (Wildman–Crippen MR) is 89.1 cm³/mol. The molecule has 21 heavy (non-hydrogen) atoms. The molecule has 2 aromatic carbocycles. The predicted octanol–water partition coefficient (Wildman–Crippen LogP) is 4.85. The first-order valence-electron chi connectivity index (χ1n) is 7.80. The van der Waals surface area contributed by atoms with Gasteiger partial charge in [-0.3, -0.25) is 0 Å². The minimum absolute atomic E-state index is 0.888. The van der Waals surface area contributed by atoms with Crippen molar-refractivity contribution in [2.75, 3.05) is 6.54 Å². The maximum absolute atomic E-state index is 6.03. The van der Waals surface area contributed by atoms with Gasteiger partial charge in [-0.05, 0) is 61.2 Å². The Kier molecular flexibility index (Phi) is 5.82. The van der Waals surface area contributed by atoms with Crippen LogP contribution in [-0.2, 0) is 13.0 Å². The van der Waals surface area contributed by atoms with Gasteiger partial charge in [0.15, 0.2) is 0 Å². The first-order valence-corrected chi connectivity index (χ1v) is 7.80. The van der Waals surface area contributed by atoms with Gasteiger partial charge in [0.1, 0.15) is 11.5 Å². The Hall–Kier alpha value is -1.80. The zero-order valence-corrected chi connectivity index (χ0v) is 13.3. The summed E-state index contributed by atoms with van der Waals surface area (Å²) >= 11 is 0. The molecule has 0 aromatic heterocycles. The molecule has 1 N–H and O–H groups in total. The third-order valence-electron chi connectivity index (χ3n) is 3.57. The zero-order valence-electron chi connectivity index (χ0n) is 13.3. The van der Waals surface area contributed by atoms with Crippen molar-refractivity contribution in [3.8, 4) is 11.5 Å². The minimum atomic E-state index is 0.888. The number of ether oxygens (including phenoxy) is 1. The van der Waals surface area contributed by atoms with Crippen LogP contribution in [0.2, 0.25) is 0 Å². The van der Waals surface area contributed by atoms with E-state index in [1.807, 2.05) is 12.1 Å². The molecule has 0 spiro atoms. The molecule has 0 saturated heterocycles. The molecule has 2 aromatic rings. The molecule has 2 rings (SSSR count). The van der Waals surface area contributed by atoms with Gasteiger partial charge in [0, 0.05) is 6.54 Å². The van der Waals surface area contributed by atoms with Crippen molar-refractivity contribution in [2.24, 2.45) is 0 Å². The monoisotopic (exact) mass is 283 g/mol. The van der Waals surface area contributed by atoms with Gasteiger partial charge in [-0.25, -0.2) is 0 Å². The largest absolute Gasteiger partial charge is 0.457 e. The molecule has 2 heteroatoms. The van der Waals surface area contributed by atoms with E-state index in [0.717, 1.165) is 43.0 Å². The summed E-state index contributed by atoms with van der Waals surface area (Å²) in [6.45, 7) is 8.35. The Morgan fingerprint density at radius 2 is 1.67 bits per heavy atom. The van der Waals surface area contributed by atoms with E-state index < -0.39 is 0 Å². The van der Waals surface area contributed by atoms with E-state index in [4.69, 9.17) is 4.74 Å². The number of aryl methyl sites for hydroxylation is 2. The van der Waals surface area contributed by atoms with Gasteiger partial charge in [-0.15, -0.1) is 0 Å². The second kappa shape index (κ2) is 7.84. The fourth-order valence-corrected chi connectivity index (χ4v) is 2.19. The van der Waals surface area contributed by atoms with Crippen molar-refractivity contribution < 1.29 is 4.74 Å². The summed E-state index contributed by atoms with van der Waals surface area (Å²) in [7, 11) is 0. The molecular formula is C19H25NO. The number of benzene rings is 2. The van der Waals surface area contributed by atoms with Crippen LogP contribution in [0.5, 0.6) is 11.5 Å². The Morgan fingerprint density at radius 3 is 2.33 bits per heavy atom. The van der Waals surface area contributed by atoms with Crippen LogP contribution in [0.3, 0.4) is 0 Å². The summed E-state index contributed by atoms with van der Waals surface area (Å²) in [5.41, 5.74) is 3.75. The molecular weight excluding hydrogens is 258 g/mol. The Labute approximate surface area is 128 Å². The van der Waals surface area contributed by atoms with Gasteiger partial charge < -0.3 is 10.1 Å². The van der Waals surface area contributed by atoms with Crippen LogP contribution in [0.15, 0.2) is 42.5 Å². The SMILES string of the molecule is CCCNCc1ccc(C)c(Oc2ccc(CC)cc2)c1. The van der Waals surface area contributed by atoms with Gasteiger partial charge in [0.25, 0.3) is 0 Å². The molecule has 112 valence electrons. The molecule has 0 saturated carbocycles. The molecule has 0 bridgehead atoms. The smallest absolute Gasteiger partial charge is 0.130 e. The highest BCUT2D eigenvalue weighted by atomic mass is 16.5. The third kappa shape index (κ3) is 4.61. The third-order valence-corrected chi connectivity index (χ3v) is 3.57. The fourth-order valence-electron chi connectivity index (χ4n) is 2.19. The van der Waals surface area contributed by atoms with E-state index in [9.17, 15) is 0 Å². The Balaban J connectivity index is 2.08. The maximum atomic E-state index is 6.03. The van der Waals surface area contributed by atoms with Crippen molar-refractivity contribution in [1.29, 1.82) is 0 Å². The van der Waals surface area contributed by atoms with Gasteiger partial charge in [0.2, 0.25) is 0 Å². The lowest BCUT2D eigenvalue weighted by Crippen LogP contribution is -2.13. The molecule has 0 unspecified atom stereocenters. The summed E-state index contributed by atoms with van der Waals surface area (Å²) in [6.07, 6.45) is 2.21. The van der Waals surface area contributed by atoms with Crippen molar-refractivity contribution >= 4 is 0 Å². The first-order chi connectivity index (χ1) is 10.2. The van der Waals surface area contributed by atoms with Crippen LogP contribution in [0.1, 0.15) is 37.0 Å². The summed E-state index contributed by atoms with van der Waals surface area (Å²) in [4.78, 5) is 0. The van der Waals surface area contributed by atoms with Crippen LogP contribution in [-0.4, -0.2) is 6.54 Å². The van der Waals surface area contributed by atoms with Gasteiger partial charge >= 0.3 is 0 Å². The lowest BCUT2D eigenvalue weighted by atomic mass is 10.1. The maximum Gasteiger partial charge on any atom is 0.130 e. The zero-order chi connectivity index (χ0) is 15.1. The van der Waals surface area contributed by atoms with Crippen LogP contribution < -0.4 is 10.1 Å². The Morgan fingerprint density at radius 1 is 0.952 bits per heavy atom. The highest BCUT2D eigenvalue weighted by Gasteiger charge is 2.04. The highest BCUT2D eigenvalue weighted by Crippen LogP contribution is 2.26. The van der Waals surface area contributed by atoms with Gasteiger partial charge in [-0.2, -0.15) is 0 Å². The fraction of sp³-hybridized carbons (Fsp3) is 0.368. The second-order valence-electron chi connectivity index (χ2n) is 5.38. The normalized spacial score (nSPS) is 10.6. The number of nitrogens with one attached hydrogen (secondary N) is 1. The summed E-state index contributed by atoms with van der Waals surface area (Å²) < 4.78 is 6.03. The molecule has 0 heterocycles. The highest BCUT2D eigenvalue weighted by molar-refractivity contribution is 5.40. The standard InChI is InChI=1S/C19H25NO/c1-4-12-20-14-17-7-6-15(3)19(13-17)21-18-10-8-16(5-2)9-11-18/h6-11,13,20H,4-5,12,14H2,1-3H3. The van der Waals surface area contributed by atoms with Crippen molar-refractivity contribution in [3.63, 3.8) is 0 Å². The molecule has 0 fully saturated rings. The van der Waals surface area contributed by atoms with E-state index >= 15 is 0 Å². The van der Waals surface area contributed by atoms with E-state index in [0.29, 0.717) is 0 Å². The average Bonchev–Trinajstić information content (AvgIpc) is 2.51.